The van der Waals surface area contributed by atoms with Crippen molar-refractivity contribution < 1.29 is 9.47 Å². The molecule has 0 fully saturated rings. The van der Waals surface area contributed by atoms with Gasteiger partial charge in [-0.2, -0.15) is 0 Å². The Hall–Kier alpha value is -4.12. The summed E-state index contributed by atoms with van der Waals surface area (Å²) in [5.41, 5.74) is 4.94. The third-order valence-electron chi connectivity index (χ3n) is 5.58. The molecule has 0 aliphatic rings. The summed E-state index contributed by atoms with van der Waals surface area (Å²) in [7, 11) is 1.68. The number of methoxy groups -OCH3 is 1. The monoisotopic (exact) mass is 435 g/mol. The number of benzene rings is 3. The summed E-state index contributed by atoms with van der Waals surface area (Å²) in [6, 6.07) is 30.4. The first-order valence-corrected chi connectivity index (χ1v) is 11.1. The summed E-state index contributed by atoms with van der Waals surface area (Å²) in [6.45, 7) is 1.38. The maximum absolute atomic E-state index is 5.92. The molecule has 0 radical (unpaired) electrons. The molecular weight excluding hydrogens is 410 g/mol. The first-order chi connectivity index (χ1) is 16.3. The third-order valence-corrected chi connectivity index (χ3v) is 5.58. The van der Waals surface area contributed by atoms with E-state index in [-0.39, 0.29) is 0 Å². The van der Waals surface area contributed by atoms with E-state index in [0.29, 0.717) is 6.61 Å². The van der Waals surface area contributed by atoms with Crippen LogP contribution in [0, 0.1) is 0 Å². The zero-order valence-electron chi connectivity index (χ0n) is 18.5. The molecule has 0 saturated carbocycles. The van der Waals surface area contributed by atoms with E-state index in [1.165, 1.54) is 0 Å². The normalized spacial score (nSPS) is 10.9. The molecule has 33 heavy (non-hydrogen) atoms. The van der Waals surface area contributed by atoms with Crippen LogP contribution in [0.3, 0.4) is 0 Å². The largest absolute Gasteiger partial charge is 0.497 e. The van der Waals surface area contributed by atoms with Crippen LogP contribution in [0.1, 0.15) is 6.42 Å². The molecule has 0 unspecified atom stereocenters. The highest BCUT2D eigenvalue weighted by Gasteiger charge is 2.15. The molecule has 2 heterocycles. The van der Waals surface area contributed by atoms with Crippen molar-refractivity contribution in [2.45, 2.75) is 13.0 Å². The van der Waals surface area contributed by atoms with E-state index in [0.717, 1.165) is 58.1 Å². The van der Waals surface area contributed by atoms with Crippen LogP contribution in [0.15, 0.2) is 97.2 Å². The maximum atomic E-state index is 5.92. The fourth-order valence-corrected chi connectivity index (χ4v) is 3.93. The first-order valence-electron chi connectivity index (χ1n) is 11.1. The quantitative estimate of drug-likeness (QED) is 0.271. The highest BCUT2D eigenvalue weighted by Crippen LogP contribution is 2.29. The van der Waals surface area contributed by atoms with Gasteiger partial charge in [-0.1, -0.05) is 60.7 Å². The molecule has 5 rings (SSSR count). The maximum Gasteiger partial charge on any atom is 0.178 e. The Morgan fingerprint density at radius 2 is 1.48 bits per heavy atom. The molecule has 2 aromatic heterocycles. The lowest BCUT2D eigenvalue weighted by Gasteiger charge is -2.11. The molecule has 0 N–H and O–H groups in total. The molecule has 3 aromatic carbocycles. The Morgan fingerprint density at radius 1 is 0.758 bits per heavy atom. The van der Waals surface area contributed by atoms with Gasteiger partial charge in [0, 0.05) is 23.9 Å². The average Bonchev–Trinajstić information content (AvgIpc) is 3.25. The molecule has 0 atom stereocenters. The Kier molecular flexibility index (Phi) is 6.02. The van der Waals surface area contributed by atoms with Gasteiger partial charge in [-0.25, -0.2) is 9.97 Å². The minimum Gasteiger partial charge on any atom is -0.497 e. The van der Waals surface area contributed by atoms with E-state index in [9.17, 15) is 0 Å². The van der Waals surface area contributed by atoms with Crippen molar-refractivity contribution in [3.05, 3.63) is 97.2 Å². The molecule has 5 nitrogen and oxygen atoms in total. The lowest BCUT2D eigenvalue weighted by atomic mass is 10.1. The Balaban J connectivity index is 1.50. The van der Waals surface area contributed by atoms with Gasteiger partial charge in [0.2, 0.25) is 0 Å². The van der Waals surface area contributed by atoms with Crippen molar-refractivity contribution in [1.29, 1.82) is 0 Å². The van der Waals surface area contributed by atoms with E-state index >= 15 is 0 Å². The molecule has 5 aromatic rings. The number of hydrogen-bond acceptors (Lipinski definition) is 4. The Morgan fingerprint density at radius 3 is 2.27 bits per heavy atom. The van der Waals surface area contributed by atoms with Crippen molar-refractivity contribution in [2.75, 3.05) is 13.7 Å². The molecule has 0 aliphatic heterocycles. The summed E-state index contributed by atoms with van der Waals surface area (Å²) < 4.78 is 13.6. The second-order valence-corrected chi connectivity index (χ2v) is 7.77. The minimum atomic E-state index is 0.618. The number of aryl methyl sites for hydroxylation is 1. The second kappa shape index (κ2) is 9.57. The number of hydrogen-bond donors (Lipinski definition) is 0. The average molecular weight is 436 g/mol. The number of para-hydroxylation sites is 1. The summed E-state index contributed by atoms with van der Waals surface area (Å²) in [4.78, 5) is 9.57. The van der Waals surface area contributed by atoms with Crippen LogP contribution >= 0.6 is 0 Å². The fraction of sp³-hybridized carbons (Fsp3) is 0.143. The summed E-state index contributed by atoms with van der Waals surface area (Å²) in [6.07, 6.45) is 2.73. The smallest absolute Gasteiger partial charge is 0.178 e. The van der Waals surface area contributed by atoms with Gasteiger partial charge in [-0.05, 0) is 42.3 Å². The number of aromatic nitrogens is 3. The van der Waals surface area contributed by atoms with Gasteiger partial charge in [0.15, 0.2) is 5.65 Å². The van der Waals surface area contributed by atoms with Gasteiger partial charge in [0.05, 0.1) is 19.2 Å². The van der Waals surface area contributed by atoms with E-state index < -0.39 is 0 Å². The number of nitrogens with zero attached hydrogens (tertiary/aromatic N) is 3. The van der Waals surface area contributed by atoms with Gasteiger partial charge in [0.1, 0.15) is 17.3 Å². The standard InChI is InChI=1S/C28H25N3O2/c1-32-25-15-8-12-22(18-25)28-30-27-26(19-23(20-29-27)21-10-4-2-5-11-21)31(28)16-9-17-33-24-13-6-3-7-14-24/h2-8,10-15,18-20H,9,16-17H2,1H3. The predicted molar refractivity (Wildman–Crippen MR) is 132 cm³/mol. The molecule has 0 saturated heterocycles. The van der Waals surface area contributed by atoms with Gasteiger partial charge in [-0.3, -0.25) is 0 Å². The summed E-state index contributed by atoms with van der Waals surface area (Å²) in [5, 5.41) is 0. The molecule has 5 heteroatoms. The van der Waals surface area contributed by atoms with E-state index in [1.807, 2.05) is 72.9 Å². The predicted octanol–water partition coefficient (Wildman–Crippen LogP) is 6.24. The van der Waals surface area contributed by atoms with Crippen molar-refractivity contribution in [1.82, 2.24) is 14.5 Å². The third kappa shape index (κ3) is 4.58. The van der Waals surface area contributed by atoms with Crippen LogP contribution in [0.5, 0.6) is 11.5 Å². The lowest BCUT2D eigenvalue weighted by Crippen LogP contribution is -2.06. The number of ether oxygens (including phenoxy) is 2. The van der Waals surface area contributed by atoms with Crippen molar-refractivity contribution in [3.8, 4) is 34.0 Å². The second-order valence-electron chi connectivity index (χ2n) is 7.77. The summed E-state index contributed by atoms with van der Waals surface area (Å²) >= 11 is 0. The molecular formula is C28H25N3O2. The van der Waals surface area contributed by atoms with Crippen molar-refractivity contribution in [3.63, 3.8) is 0 Å². The van der Waals surface area contributed by atoms with Gasteiger partial charge in [-0.15, -0.1) is 0 Å². The van der Waals surface area contributed by atoms with E-state index in [2.05, 4.69) is 33.8 Å². The molecule has 0 amide bonds. The van der Waals surface area contributed by atoms with Crippen molar-refractivity contribution >= 4 is 11.2 Å². The topological polar surface area (TPSA) is 49.2 Å². The Bertz CT molecular complexity index is 1350. The van der Waals surface area contributed by atoms with Gasteiger partial charge < -0.3 is 14.0 Å². The van der Waals surface area contributed by atoms with Crippen LogP contribution in [0.2, 0.25) is 0 Å². The van der Waals surface area contributed by atoms with Crippen molar-refractivity contribution in [2.24, 2.45) is 0 Å². The summed E-state index contributed by atoms with van der Waals surface area (Å²) in [5.74, 6) is 2.56. The Labute approximate surface area is 193 Å². The molecule has 0 aliphatic carbocycles. The minimum absolute atomic E-state index is 0.618. The van der Waals surface area contributed by atoms with E-state index in [4.69, 9.17) is 14.5 Å². The van der Waals surface area contributed by atoms with Crippen LogP contribution < -0.4 is 9.47 Å². The number of pyridine rings is 1. The number of rotatable bonds is 8. The van der Waals surface area contributed by atoms with Crippen LogP contribution in [0.4, 0.5) is 0 Å². The first kappa shape index (κ1) is 20.8. The van der Waals surface area contributed by atoms with Crippen LogP contribution in [-0.2, 0) is 6.54 Å². The highest BCUT2D eigenvalue weighted by atomic mass is 16.5. The SMILES string of the molecule is COc1cccc(-c2nc3ncc(-c4ccccc4)cc3n2CCCOc2ccccc2)c1. The molecule has 0 bridgehead atoms. The van der Waals surface area contributed by atoms with Gasteiger partial charge >= 0.3 is 0 Å². The van der Waals surface area contributed by atoms with Gasteiger partial charge in [0.25, 0.3) is 0 Å². The lowest BCUT2D eigenvalue weighted by molar-refractivity contribution is 0.303. The molecule has 0 spiro atoms. The van der Waals surface area contributed by atoms with E-state index in [1.54, 1.807) is 7.11 Å². The number of fused-ring (bicyclic) bond motifs is 1. The van der Waals surface area contributed by atoms with Crippen LogP contribution in [0.25, 0.3) is 33.7 Å². The zero-order chi connectivity index (χ0) is 22.5. The zero-order valence-corrected chi connectivity index (χ0v) is 18.5. The number of imidazole rings is 1. The fourth-order valence-electron chi connectivity index (χ4n) is 3.93. The highest BCUT2D eigenvalue weighted by molar-refractivity contribution is 5.82. The van der Waals surface area contributed by atoms with Crippen LogP contribution in [-0.4, -0.2) is 28.3 Å². The molecule has 164 valence electrons.